The van der Waals surface area contributed by atoms with Gasteiger partial charge in [-0.15, -0.1) is 0 Å². The lowest BCUT2D eigenvalue weighted by atomic mass is 10.7. The molecule has 0 bridgehead atoms. The fourth-order valence-electron chi connectivity index (χ4n) is 0.192. The van der Waals surface area contributed by atoms with Crippen LogP contribution < -0.4 is 0 Å². The molecule has 0 spiro atoms. The van der Waals surface area contributed by atoms with Gasteiger partial charge >= 0.3 is 5.97 Å². The smallest absolute Gasteiger partial charge is 0.330 e. The van der Waals surface area contributed by atoms with Crippen molar-refractivity contribution in [2.45, 2.75) is 0 Å². The van der Waals surface area contributed by atoms with Crippen LogP contribution in [0.4, 0.5) is 0 Å². The minimum atomic E-state index is -2.68. The van der Waals surface area contributed by atoms with E-state index >= 15 is 0 Å². The van der Waals surface area contributed by atoms with Gasteiger partial charge in [0.25, 0.3) is 0 Å². The molecule has 0 saturated heterocycles. The van der Waals surface area contributed by atoms with Gasteiger partial charge in [-0.2, -0.15) is 0 Å². The summed E-state index contributed by atoms with van der Waals surface area (Å²) >= 11 is 0. The molecule has 0 aromatic carbocycles. The molecule has 0 heterocycles. The molecule has 5 heteroatoms. The zero-order chi connectivity index (χ0) is 7.28. The normalized spacial score (nSPS) is 12.1. The largest absolute Gasteiger partial charge is 0.452 e. The van der Waals surface area contributed by atoms with Crippen molar-refractivity contribution in [3.05, 3.63) is 12.7 Å². The van der Waals surface area contributed by atoms with Gasteiger partial charge in [-0.25, -0.2) is 4.79 Å². The molecule has 1 atom stereocenters. The van der Waals surface area contributed by atoms with Crippen LogP contribution in [0.2, 0.25) is 0 Å². The predicted octanol–water partition coefficient (Wildman–Crippen LogP) is 0.140. The van der Waals surface area contributed by atoms with E-state index in [2.05, 4.69) is 11.3 Å². The van der Waals surface area contributed by atoms with Crippen LogP contribution >= 0.6 is 8.03 Å². The Morgan fingerprint density at radius 1 is 1.89 bits per heavy atom. The Kier molecular flexibility index (Phi) is 4.01. The summed E-state index contributed by atoms with van der Waals surface area (Å²) in [5.41, 5.74) is 0. The van der Waals surface area contributed by atoms with Gasteiger partial charge in [0.2, 0.25) is 8.03 Å². The molecule has 0 saturated carbocycles. The van der Waals surface area contributed by atoms with Gasteiger partial charge in [-0.3, -0.25) is 4.57 Å². The molecule has 0 aliphatic rings. The summed E-state index contributed by atoms with van der Waals surface area (Å²) in [4.78, 5) is 18.3. The number of esters is 1. The molecule has 1 N–H and O–H groups in total. The molecule has 4 nitrogen and oxygen atoms in total. The van der Waals surface area contributed by atoms with Gasteiger partial charge in [-0.05, 0) is 0 Å². The van der Waals surface area contributed by atoms with Crippen LogP contribution in [0, 0.1) is 0 Å². The molecule has 0 aliphatic heterocycles. The van der Waals surface area contributed by atoms with Crippen LogP contribution in [0.25, 0.3) is 0 Å². The van der Waals surface area contributed by atoms with E-state index in [1.165, 1.54) is 0 Å². The van der Waals surface area contributed by atoms with E-state index in [-0.39, 0.29) is 0 Å². The summed E-state index contributed by atoms with van der Waals surface area (Å²) in [6, 6.07) is 0. The van der Waals surface area contributed by atoms with Crippen molar-refractivity contribution in [2.24, 2.45) is 0 Å². The third-order valence-corrected chi connectivity index (χ3v) is 0.896. The maximum absolute atomic E-state index is 10.1. The van der Waals surface area contributed by atoms with Crippen molar-refractivity contribution < 1.29 is 19.0 Å². The second-order valence-electron chi connectivity index (χ2n) is 1.21. The zero-order valence-electron chi connectivity index (χ0n) is 4.66. The van der Waals surface area contributed by atoms with E-state index in [0.717, 1.165) is 6.08 Å². The summed E-state index contributed by atoms with van der Waals surface area (Å²) in [5, 5.41) is 0. The van der Waals surface area contributed by atoms with Gasteiger partial charge < -0.3 is 9.63 Å². The molecule has 52 valence electrons. The lowest BCUT2D eigenvalue weighted by Gasteiger charge is -1.94. The van der Waals surface area contributed by atoms with Crippen LogP contribution in [0.1, 0.15) is 0 Å². The quantitative estimate of drug-likeness (QED) is 0.353. The van der Waals surface area contributed by atoms with Gasteiger partial charge in [0.15, 0.2) is 6.35 Å². The minimum absolute atomic E-state index is 0.421. The van der Waals surface area contributed by atoms with E-state index in [1.807, 2.05) is 0 Å². The van der Waals surface area contributed by atoms with Crippen LogP contribution in [0.3, 0.4) is 0 Å². The average Bonchev–Trinajstić information content (AvgIpc) is 1.83. The second-order valence-corrected chi connectivity index (χ2v) is 2.28. The molecule has 0 aromatic heterocycles. The highest BCUT2D eigenvalue weighted by molar-refractivity contribution is 7.37. The minimum Gasteiger partial charge on any atom is -0.452 e. The number of hydrogen-bond donors (Lipinski definition) is 1. The fourth-order valence-corrected chi connectivity index (χ4v) is 0.458. The first-order valence-electron chi connectivity index (χ1n) is 2.18. The van der Waals surface area contributed by atoms with Crippen LogP contribution in [0.15, 0.2) is 12.7 Å². The Bertz CT molecular complexity index is 142. The molecule has 0 amide bonds. The van der Waals surface area contributed by atoms with E-state index in [0.29, 0.717) is 0 Å². The maximum atomic E-state index is 10.1. The zero-order valence-corrected chi connectivity index (χ0v) is 5.66. The molecule has 9 heavy (non-hydrogen) atoms. The first-order valence-corrected chi connectivity index (χ1v) is 3.74. The first kappa shape index (κ1) is 8.40. The van der Waals surface area contributed by atoms with Crippen LogP contribution in [-0.2, 0) is 14.1 Å². The summed E-state index contributed by atoms with van der Waals surface area (Å²) in [6.45, 7) is 3.09. The van der Waals surface area contributed by atoms with Crippen molar-refractivity contribution in [1.82, 2.24) is 0 Å². The summed E-state index contributed by atoms with van der Waals surface area (Å²) in [5.74, 6) is -0.678. The Hall–Kier alpha value is -0.600. The lowest BCUT2D eigenvalue weighted by Crippen LogP contribution is -1.97. The first-order chi connectivity index (χ1) is 4.16. The summed E-state index contributed by atoms with van der Waals surface area (Å²) < 4.78 is 14.1. The SMILES string of the molecule is C=CC(=O)OC[PH](=O)O. The molecule has 0 aliphatic carbocycles. The molecular weight excluding hydrogens is 143 g/mol. The van der Waals surface area contributed by atoms with Crippen LogP contribution in [0.5, 0.6) is 0 Å². The Labute approximate surface area is 53.0 Å². The molecular formula is C4H7O4P. The number of carbonyl (C=O) groups excluding carboxylic acids is 1. The monoisotopic (exact) mass is 150 g/mol. The number of rotatable bonds is 3. The van der Waals surface area contributed by atoms with Gasteiger partial charge in [-0.1, -0.05) is 6.58 Å². The second kappa shape index (κ2) is 4.30. The molecule has 0 radical (unpaired) electrons. The van der Waals surface area contributed by atoms with E-state index < -0.39 is 20.3 Å². The fraction of sp³-hybridized carbons (Fsp3) is 0.250. The van der Waals surface area contributed by atoms with Gasteiger partial charge in [0, 0.05) is 6.08 Å². The van der Waals surface area contributed by atoms with E-state index in [1.54, 1.807) is 0 Å². The van der Waals surface area contributed by atoms with Crippen LogP contribution in [-0.4, -0.2) is 17.2 Å². The van der Waals surface area contributed by atoms with Crippen molar-refractivity contribution in [2.75, 3.05) is 6.35 Å². The summed E-state index contributed by atoms with van der Waals surface area (Å²) in [7, 11) is -2.68. The number of ether oxygens (including phenoxy) is 1. The molecule has 1 unspecified atom stereocenters. The predicted molar refractivity (Wildman–Crippen MR) is 32.4 cm³/mol. The molecule has 0 fully saturated rings. The summed E-state index contributed by atoms with van der Waals surface area (Å²) in [6.07, 6.45) is 0.514. The van der Waals surface area contributed by atoms with Crippen molar-refractivity contribution in [3.63, 3.8) is 0 Å². The highest BCUT2D eigenvalue weighted by Gasteiger charge is 1.96. The highest BCUT2D eigenvalue weighted by atomic mass is 31.1. The Morgan fingerprint density at radius 2 is 2.44 bits per heavy atom. The Morgan fingerprint density at radius 3 is 2.78 bits per heavy atom. The third-order valence-electron chi connectivity index (χ3n) is 0.505. The molecule has 0 rings (SSSR count). The van der Waals surface area contributed by atoms with Gasteiger partial charge in [0.05, 0.1) is 0 Å². The highest BCUT2D eigenvalue weighted by Crippen LogP contribution is 2.11. The number of hydrogen-bond acceptors (Lipinski definition) is 3. The number of carbonyl (C=O) groups is 1. The topological polar surface area (TPSA) is 63.6 Å². The van der Waals surface area contributed by atoms with Crippen molar-refractivity contribution >= 4 is 14.0 Å². The van der Waals surface area contributed by atoms with Gasteiger partial charge in [0.1, 0.15) is 0 Å². The van der Waals surface area contributed by atoms with Crippen molar-refractivity contribution in [3.8, 4) is 0 Å². The molecule has 0 aromatic rings. The average molecular weight is 150 g/mol. The van der Waals surface area contributed by atoms with E-state index in [4.69, 9.17) is 4.89 Å². The lowest BCUT2D eigenvalue weighted by molar-refractivity contribution is -0.135. The maximum Gasteiger partial charge on any atom is 0.330 e. The third kappa shape index (κ3) is 5.27. The van der Waals surface area contributed by atoms with E-state index in [9.17, 15) is 9.36 Å². The Balaban J connectivity index is 3.39. The standard InChI is InChI=1S/C4H7O4P/c1-2-4(5)8-3-9(6)7/h2,9H,1,3H2,(H,6,7). The van der Waals surface area contributed by atoms with Crippen molar-refractivity contribution in [1.29, 1.82) is 0 Å².